The fourth-order valence-electron chi connectivity index (χ4n) is 5.07. The highest BCUT2D eigenvalue weighted by Gasteiger charge is 2.35. The van der Waals surface area contributed by atoms with Gasteiger partial charge in [0.15, 0.2) is 0 Å². The van der Waals surface area contributed by atoms with Crippen LogP contribution in [0.5, 0.6) is 5.75 Å². The Bertz CT molecular complexity index is 1200. The first-order valence-electron chi connectivity index (χ1n) is 12.5. The van der Waals surface area contributed by atoms with Crippen molar-refractivity contribution in [1.29, 1.82) is 0 Å². The van der Waals surface area contributed by atoms with Gasteiger partial charge in [-0.1, -0.05) is 36.4 Å². The van der Waals surface area contributed by atoms with E-state index < -0.39 is 0 Å². The number of carbonyl (C=O) groups is 1. The van der Waals surface area contributed by atoms with E-state index in [-0.39, 0.29) is 18.7 Å². The average molecular weight is 510 g/mol. The van der Waals surface area contributed by atoms with Crippen LogP contribution in [0.4, 0.5) is 4.79 Å². The van der Waals surface area contributed by atoms with Crippen LogP contribution in [0.25, 0.3) is 10.9 Å². The predicted molar refractivity (Wildman–Crippen MR) is 141 cm³/mol. The molecule has 5 rings (SSSR count). The Morgan fingerprint density at radius 2 is 1.97 bits per heavy atom. The second-order valence-electron chi connectivity index (χ2n) is 9.14. The van der Waals surface area contributed by atoms with Crippen LogP contribution in [0.15, 0.2) is 55.1 Å². The lowest BCUT2D eigenvalue weighted by Crippen LogP contribution is -2.41. The van der Waals surface area contributed by atoms with Gasteiger partial charge < -0.3 is 19.2 Å². The van der Waals surface area contributed by atoms with Crippen LogP contribution in [-0.2, 0) is 15.9 Å². The van der Waals surface area contributed by atoms with Crippen molar-refractivity contribution in [2.24, 2.45) is 0 Å². The number of benzene rings is 2. The smallest absolute Gasteiger partial charge is 0.410 e. The van der Waals surface area contributed by atoms with E-state index >= 15 is 0 Å². The lowest BCUT2D eigenvalue weighted by molar-refractivity contribution is 0.0358. The summed E-state index contributed by atoms with van der Waals surface area (Å²) in [6.07, 6.45) is 2.91. The molecular formula is C28H32ClN3O4. The lowest BCUT2D eigenvalue weighted by Gasteiger charge is -2.35. The number of hydrogen-bond donors (Lipinski definition) is 1. The fourth-order valence-corrected chi connectivity index (χ4v) is 5.24. The van der Waals surface area contributed by atoms with E-state index in [1.807, 2.05) is 42.5 Å². The largest absolute Gasteiger partial charge is 0.494 e. The van der Waals surface area contributed by atoms with Crippen LogP contribution < -0.4 is 4.74 Å². The van der Waals surface area contributed by atoms with Gasteiger partial charge in [-0.05, 0) is 54.3 Å². The molecule has 3 heterocycles. The Kier molecular flexibility index (Phi) is 7.80. The van der Waals surface area contributed by atoms with Crippen LogP contribution >= 0.6 is 11.6 Å². The van der Waals surface area contributed by atoms with E-state index in [1.54, 1.807) is 11.0 Å². The van der Waals surface area contributed by atoms with Gasteiger partial charge in [0, 0.05) is 47.8 Å². The number of H-pyrrole nitrogens is 1. The molecule has 1 fully saturated rings. The van der Waals surface area contributed by atoms with E-state index in [0.29, 0.717) is 18.2 Å². The number of amides is 1. The van der Waals surface area contributed by atoms with Crippen molar-refractivity contribution in [2.75, 3.05) is 52.6 Å². The van der Waals surface area contributed by atoms with Crippen molar-refractivity contribution >= 4 is 28.6 Å². The monoisotopic (exact) mass is 509 g/mol. The molecule has 1 amide bonds. The standard InChI is InChI=1S/C28H32ClN3O4/c1-2-15-36-28(33)32-12-10-23-24-19-21(29)6-9-25(24)30-26(23)27(32)20-4-7-22(8-5-20)35-16-3-11-31-13-17-34-18-14-31/h2,4-9,19,27,30H,1,3,10-18H2. The van der Waals surface area contributed by atoms with Crippen LogP contribution in [0.3, 0.4) is 0 Å². The fraction of sp³-hybridized carbons (Fsp3) is 0.393. The van der Waals surface area contributed by atoms with Crippen molar-refractivity contribution < 1.29 is 19.0 Å². The number of halogens is 1. The summed E-state index contributed by atoms with van der Waals surface area (Å²) < 4.78 is 16.8. The number of ether oxygens (including phenoxy) is 3. The average Bonchev–Trinajstić information content (AvgIpc) is 3.28. The second kappa shape index (κ2) is 11.4. The number of nitrogens with zero attached hydrogens (tertiary/aromatic N) is 2. The Labute approximate surface area is 216 Å². The maximum absolute atomic E-state index is 13.0. The SMILES string of the molecule is C=CCOC(=O)N1CCc2c([nH]c3ccc(Cl)cc23)C1c1ccc(OCCCN2CCOCC2)cc1. The number of hydrogen-bond acceptors (Lipinski definition) is 5. The Hall–Kier alpha value is -3.00. The molecule has 1 atom stereocenters. The highest BCUT2D eigenvalue weighted by molar-refractivity contribution is 6.31. The quantitative estimate of drug-likeness (QED) is 0.334. The zero-order valence-corrected chi connectivity index (χ0v) is 21.1. The summed E-state index contributed by atoms with van der Waals surface area (Å²) in [7, 11) is 0. The molecule has 1 aromatic heterocycles. The van der Waals surface area contributed by atoms with E-state index in [0.717, 1.165) is 73.6 Å². The van der Waals surface area contributed by atoms with E-state index in [2.05, 4.69) is 16.5 Å². The highest BCUT2D eigenvalue weighted by atomic mass is 35.5. The topological polar surface area (TPSA) is 67.0 Å². The summed E-state index contributed by atoms with van der Waals surface area (Å²) in [5.74, 6) is 0.820. The number of aromatic nitrogens is 1. The molecule has 2 aliphatic rings. The second-order valence-corrected chi connectivity index (χ2v) is 9.58. The molecule has 0 aliphatic carbocycles. The number of carbonyl (C=O) groups excluding carboxylic acids is 1. The van der Waals surface area contributed by atoms with Crippen LogP contribution in [0, 0.1) is 0 Å². The minimum atomic E-state index is -0.356. The van der Waals surface area contributed by atoms with Crippen molar-refractivity contribution in [2.45, 2.75) is 18.9 Å². The molecule has 0 bridgehead atoms. The molecule has 36 heavy (non-hydrogen) atoms. The van der Waals surface area contributed by atoms with E-state index in [4.69, 9.17) is 25.8 Å². The molecule has 2 aromatic carbocycles. The number of nitrogens with one attached hydrogen (secondary N) is 1. The predicted octanol–water partition coefficient (Wildman–Crippen LogP) is 5.19. The van der Waals surface area contributed by atoms with Gasteiger partial charge in [-0.2, -0.15) is 0 Å². The third-order valence-corrected chi connectivity index (χ3v) is 7.07. The normalized spacial score (nSPS) is 18.1. The summed E-state index contributed by atoms with van der Waals surface area (Å²) in [6, 6.07) is 13.6. The Morgan fingerprint density at radius 1 is 1.17 bits per heavy atom. The van der Waals surface area contributed by atoms with Crippen LogP contribution in [0.2, 0.25) is 5.02 Å². The molecule has 7 nitrogen and oxygen atoms in total. The summed E-state index contributed by atoms with van der Waals surface area (Å²) in [5.41, 5.74) is 4.18. The van der Waals surface area contributed by atoms with Gasteiger partial charge in [0.05, 0.1) is 19.8 Å². The first-order valence-corrected chi connectivity index (χ1v) is 12.9. The number of rotatable bonds is 8. The third-order valence-electron chi connectivity index (χ3n) is 6.84. The van der Waals surface area contributed by atoms with Gasteiger partial charge in [0.2, 0.25) is 0 Å². The summed E-state index contributed by atoms with van der Waals surface area (Å²) in [4.78, 5) is 20.7. The van der Waals surface area contributed by atoms with Gasteiger partial charge in [0.25, 0.3) is 0 Å². The van der Waals surface area contributed by atoms with Crippen molar-refractivity contribution in [1.82, 2.24) is 14.8 Å². The molecule has 190 valence electrons. The molecule has 3 aromatic rings. The molecule has 1 saturated heterocycles. The molecule has 0 spiro atoms. The third kappa shape index (κ3) is 5.38. The maximum Gasteiger partial charge on any atom is 0.410 e. The van der Waals surface area contributed by atoms with Gasteiger partial charge in [0.1, 0.15) is 18.4 Å². The first-order chi connectivity index (χ1) is 17.6. The molecule has 1 N–H and O–H groups in total. The first kappa shape index (κ1) is 24.7. The van der Waals surface area contributed by atoms with Gasteiger partial charge in [-0.3, -0.25) is 9.80 Å². The summed E-state index contributed by atoms with van der Waals surface area (Å²) in [6.45, 7) is 9.66. The van der Waals surface area contributed by atoms with Gasteiger partial charge in [-0.25, -0.2) is 4.79 Å². The molecular weight excluding hydrogens is 478 g/mol. The van der Waals surface area contributed by atoms with Gasteiger partial charge >= 0.3 is 6.09 Å². The number of morpholine rings is 1. The number of fused-ring (bicyclic) bond motifs is 3. The number of aromatic amines is 1. The highest BCUT2D eigenvalue weighted by Crippen LogP contribution is 2.39. The zero-order valence-electron chi connectivity index (χ0n) is 20.4. The summed E-state index contributed by atoms with van der Waals surface area (Å²) >= 11 is 6.29. The molecule has 1 unspecified atom stereocenters. The molecule has 8 heteroatoms. The van der Waals surface area contributed by atoms with Crippen molar-refractivity contribution in [3.05, 3.63) is 77.0 Å². The van der Waals surface area contributed by atoms with E-state index in [1.165, 1.54) is 5.56 Å². The minimum Gasteiger partial charge on any atom is -0.494 e. The molecule has 0 saturated carbocycles. The van der Waals surface area contributed by atoms with Gasteiger partial charge in [-0.15, -0.1) is 0 Å². The van der Waals surface area contributed by atoms with E-state index in [9.17, 15) is 4.79 Å². The van der Waals surface area contributed by atoms with Crippen molar-refractivity contribution in [3.8, 4) is 5.75 Å². The summed E-state index contributed by atoms with van der Waals surface area (Å²) in [5, 5.41) is 1.80. The zero-order chi connectivity index (χ0) is 24.9. The Morgan fingerprint density at radius 3 is 2.75 bits per heavy atom. The maximum atomic E-state index is 13.0. The lowest BCUT2D eigenvalue weighted by atomic mass is 9.92. The van der Waals surface area contributed by atoms with Crippen LogP contribution in [-0.4, -0.2) is 73.5 Å². The Balaban J connectivity index is 1.34. The molecule has 0 radical (unpaired) electrons. The molecule has 2 aliphatic heterocycles. The minimum absolute atomic E-state index is 0.175. The van der Waals surface area contributed by atoms with Crippen molar-refractivity contribution in [3.63, 3.8) is 0 Å². The van der Waals surface area contributed by atoms with Crippen LogP contribution in [0.1, 0.15) is 29.3 Å².